The number of nitrogen functional groups attached to an aromatic ring is 1. The average molecular weight is 286 g/mol. The summed E-state index contributed by atoms with van der Waals surface area (Å²) < 4.78 is 6.00. The van der Waals surface area contributed by atoms with Crippen LogP contribution in [0.15, 0.2) is 22.7 Å². The molecular formula is C12H16BrNO2. The summed E-state index contributed by atoms with van der Waals surface area (Å²) in [6.45, 7) is 5.91. The van der Waals surface area contributed by atoms with Crippen LogP contribution in [-0.2, 0) is 4.74 Å². The summed E-state index contributed by atoms with van der Waals surface area (Å²) in [5.41, 5.74) is 6.75. The number of rotatable bonds is 3. The molecule has 1 unspecified atom stereocenters. The van der Waals surface area contributed by atoms with Gasteiger partial charge in [-0.05, 0) is 47.0 Å². The molecule has 0 fully saturated rings. The maximum atomic E-state index is 11.7. The van der Waals surface area contributed by atoms with Crippen LogP contribution in [0, 0.1) is 5.92 Å². The van der Waals surface area contributed by atoms with Crippen LogP contribution in [0.1, 0.15) is 31.1 Å². The molecule has 0 saturated heterocycles. The lowest BCUT2D eigenvalue weighted by Gasteiger charge is -2.16. The molecule has 1 aromatic rings. The van der Waals surface area contributed by atoms with Gasteiger partial charge in [0, 0.05) is 10.2 Å². The molecule has 0 aliphatic carbocycles. The third-order valence-corrected chi connectivity index (χ3v) is 3.15. The van der Waals surface area contributed by atoms with E-state index in [0.717, 1.165) is 0 Å². The van der Waals surface area contributed by atoms with Crippen molar-refractivity contribution in [3.8, 4) is 0 Å². The van der Waals surface area contributed by atoms with E-state index < -0.39 is 0 Å². The molecular weight excluding hydrogens is 270 g/mol. The van der Waals surface area contributed by atoms with Crippen molar-refractivity contribution in [1.82, 2.24) is 0 Å². The van der Waals surface area contributed by atoms with Crippen LogP contribution >= 0.6 is 15.9 Å². The molecule has 0 amide bonds. The Bertz CT molecular complexity index is 391. The highest BCUT2D eigenvalue weighted by molar-refractivity contribution is 9.10. The number of ether oxygens (including phenoxy) is 1. The number of hydrogen-bond acceptors (Lipinski definition) is 3. The first kappa shape index (κ1) is 13.0. The van der Waals surface area contributed by atoms with Crippen molar-refractivity contribution in [2.24, 2.45) is 5.92 Å². The SMILES string of the molecule is CC(C)C(C)OC(=O)c1ccc(N)c(Br)c1. The van der Waals surface area contributed by atoms with Gasteiger partial charge in [-0.25, -0.2) is 4.79 Å². The van der Waals surface area contributed by atoms with Gasteiger partial charge >= 0.3 is 5.97 Å². The lowest BCUT2D eigenvalue weighted by atomic mass is 10.1. The third kappa shape index (κ3) is 3.23. The number of benzene rings is 1. The molecule has 88 valence electrons. The van der Waals surface area contributed by atoms with Gasteiger partial charge in [0.1, 0.15) is 6.10 Å². The standard InChI is InChI=1S/C12H16BrNO2/c1-7(2)8(3)16-12(15)9-4-5-11(14)10(13)6-9/h4-8H,14H2,1-3H3. The number of carbonyl (C=O) groups is 1. The first-order chi connectivity index (χ1) is 7.41. The van der Waals surface area contributed by atoms with Crippen LogP contribution in [0.3, 0.4) is 0 Å². The van der Waals surface area contributed by atoms with Gasteiger partial charge in [0.05, 0.1) is 5.56 Å². The largest absolute Gasteiger partial charge is 0.459 e. The second-order valence-electron chi connectivity index (χ2n) is 4.09. The Morgan fingerprint density at radius 1 is 1.38 bits per heavy atom. The second-order valence-corrected chi connectivity index (χ2v) is 4.95. The fourth-order valence-corrected chi connectivity index (χ4v) is 1.41. The molecule has 1 aromatic carbocycles. The summed E-state index contributed by atoms with van der Waals surface area (Å²) in [4.78, 5) is 11.7. The summed E-state index contributed by atoms with van der Waals surface area (Å²) in [5.74, 6) is -0.0110. The van der Waals surface area contributed by atoms with Gasteiger partial charge in [-0.15, -0.1) is 0 Å². The van der Waals surface area contributed by atoms with E-state index in [-0.39, 0.29) is 12.1 Å². The molecule has 3 nitrogen and oxygen atoms in total. The van der Waals surface area contributed by atoms with Gasteiger partial charge in [0.2, 0.25) is 0 Å². The quantitative estimate of drug-likeness (QED) is 0.685. The van der Waals surface area contributed by atoms with Gasteiger partial charge in [-0.1, -0.05) is 13.8 Å². The van der Waals surface area contributed by atoms with E-state index in [4.69, 9.17) is 10.5 Å². The van der Waals surface area contributed by atoms with E-state index in [2.05, 4.69) is 15.9 Å². The van der Waals surface area contributed by atoms with Gasteiger partial charge in [-0.2, -0.15) is 0 Å². The van der Waals surface area contributed by atoms with Gasteiger partial charge in [-0.3, -0.25) is 0 Å². The molecule has 0 aliphatic rings. The zero-order valence-electron chi connectivity index (χ0n) is 9.66. The van der Waals surface area contributed by atoms with Crippen LogP contribution in [0.4, 0.5) is 5.69 Å². The maximum Gasteiger partial charge on any atom is 0.338 e. The zero-order valence-corrected chi connectivity index (χ0v) is 11.2. The predicted octanol–water partition coefficient (Wildman–Crippen LogP) is 3.23. The lowest BCUT2D eigenvalue weighted by molar-refractivity contribution is 0.0238. The Kier molecular flexibility index (Phi) is 4.35. The topological polar surface area (TPSA) is 52.3 Å². The smallest absolute Gasteiger partial charge is 0.338 e. The first-order valence-electron chi connectivity index (χ1n) is 5.18. The van der Waals surface area contributed by atoms with Crippen LogP contribution < -0.4 is 5.73 Å². The minimum Gasteiger partial charge on any atom is -0.459 e. The van der Waals surface area contributed by atoms with E-state index in [1.807, 2.05) is 20.8 Å². The van der Waals surface area contributed by atoms with E-state index >= 15 is 0 Å². The van der Waals surface area contributed by atoms with Crippen molar-refractivity contribution in [3.05, 3.63) is 28.2 Å². The van der Waals surface area contributed by atoms with Crippen LogP contribution in [0.2, 0.25) is 0 Å². The molecule has 0 radical (unpaired) electrons. The normalized spacial score (nSPS) is 12.6. The highest BCUT2D eigenvalue weighted by atomic mass is 79.9. The molecule has 0 spiro atoms. The molecule has 0 aliphatic heterocycles. The number of halogens is 1. The fraction of sp³-hybridized carbons (Fsp3) is 0.417. The van der Waals surface area contributed by atoms with Gasteiger partial charge < -0.3 is 10.5 Å². The number of esters is 1. The van der Waals surface area contributed by atoms with Crippen molar-refractivity contribution in [2.75, 3.05) is 5.73 Å². The molecule has 0 aromatic heterocycles. The highest BCUT2D eigenvalue weighted by Gasteiger charge is 2.15. The highest BCUT2D eigenvalue weighted by Crippen LogP contribution is 2.21. The number of anilines is 1. The van der Waals surface area contributed by atoms with Crippen molar-refractivity contribution in [1.29, 1.82) is 0 Å². The Labute approximate surface area is 104 Å². The Morgan fingerprint density at radius 2 is 2.00 bits per heavy atom. The lowest BCUT2D eigenvalue weighted by Crippen LogP contribution is -2.20. The summed E-state index contributed by atoms with van der Waals surface area (Å²) >= 11 is 3.28. The van der Waals surface area contributed by atoms with Crippen LogP contribution in [0.5, 0.6) is 0 Å². The minimum absolute atomic E-state index is 0.0937. The molecule has 1 rings (SSSR count). The molecule has 4 heteroatoms. The molecule has 0 saturated carbocycles. The van der Waals surface area contributed by atoms with E-state index in [1.165, 1.54) is 0 Å². The third-order valence-electron chi connectivity index (χ3n) is 2.47. The zero-order chi connectivity index (χ0) is 12.3. The molecule has 0 heterocycles. The van der Waals surface area contributed by atoms with E-state index in [9.17, 15) is 4.79 Å². The fourth-order valence-electron chi connectivity index (χ4n) is 1.03. The van der Waals surface area contributed by atoms with E-state index in [0.29, 0.717) is 21.6 Å². The average Bonchev–Trinajstić information content (AvgIpc) is 2.21. The Morgan fingerprint density at radius 3 is 2.50 bits per heavy atom. The number of hydrogen-bond donors (Lipinski definition) is 1. The van der Waals surface area contributed by atoms with Gasteiger partial charge in [0.25, 0.3) is 0 Å². The van der Waals surface area contributed by atoms with Crippen molar-refractivity contribution in [3.63, 3.8) is 0 Å². The van der Waals surface area contributed by atoms with Crippen LogP contribution in [0.25, 0.3) is 0 Å². The minimum atomic E-state index is -0.318. The monoisotopic (exact) mass is 285 g/mol. The summed E-state index contributed by atoms with van der Waals surface area (Å²) in [6, 6.07) is 5.01. The summed E-state index contributed by atoms with van der Waals surface area (Å²) in [7, 11) is 0. The van der Waals surface area contributed by atoms with Crippen molar-refractivity contribution >= 4 is 27.6 Å². The number of nitrogens with two attached hydrogens (primary N) is 1. The van der Waals surface area contributed by atoms with Crippen molar-refractivity contribution < 1.29 is 9.53 Å². The van der Waals surface area contributed by atoms with E-state index in [1.54, 1.807) is 18.2 Å². The van der Waals surface area contributed by atoms with Crippen molar-refractivity contribution in [2.45, 2.75) is 26.9 Å². The Hall–Kier alpha value is -1.03. The van der Waals surface area contributed by atoms with Crippen LogP contribution in [-0.4, -0.2) is 12.1 Å². The molecule has 0 bridgehead atoms. The molecule has 2 N–H and O–H groups in total. The summed E-state index contributed by atoms with van der Waals surface area (Å²) in [6.07, 6.45) is -0.0937. The molecule has 1 atom stereocenters. The van der Waals surface area contributed by atoms with Gasteiger partial charge in [0.15, 0.2) is 0 Å². The first-order valence-corrected chi connectivity index (χ1v) is 5.97. The Balaban J connectivity index is 2.77. The summed E-state index contributed by atoms with van der Waals surface area (Å²) in [5, 5.41) is 0. The second kappa shape index (κ2) is 5.34. The number of carbonyl (C=O) groups excluding carboxylic acids is 1. The predicted molar refractivity (Wildman–Crippen MR) is 68.3 cm³/mol. The molecule has 16 heavy (non-hydrogen) atoms. The maximum absolute atomic E-state index is 11.7.